The number of piperidine rings is 1. The zero-order valence-electron chi connectivity index (χ0n) is 15.5. The molecule has 1 fully saturated rings. The SMILES string of the molecule is CCCS(=O)(=O)NC1CCN(c2cncc(-n3nc(C)cc3C)n2)CC1. The number of nitrogens with zero attached hydrogens (tertiary/aromatic N) is 5. The van der Waals surface area contributed by atoms with Crippen LogP contribution in [0.3, 0.4) is 0 Å². The molecule has 1 aliphatic heterocycles. The van der Waals surface area contributed by atoms with Gasteiger partial charge in [0.05, 0.1) is 23.8 Å². The van der Waals surface area contributed by atoms with Gasteiger partial charge < -0.3 is 4.90 Å². The van der Waals surface area contributed by atoms with Crippen molar-refractivity contribution in [3.63, 3.8) is 0 Å². The fourth-order valence-electron chi connectivity index (χ4n) is 3.27. The van der Waals surface area contributed by atoms with Crippen molar-refractivity contribution in [3.8, 4) is 5.82 Å². The third kappa shape index (κ3) is 4.39. The second-order valence-electron chi connectivity index (χ2n) is 6.77. The van der Waals surface area contributed by atoms with E-state index in [0.717, 1.165) is 43.1 Å². The van der Waals surface area contributed by atoms with E-state index in [-0.39, 0.29) is 11.8 Å². The topological polar surface area (TPSA) is 93.0 Å². The Labute approximate surface area is 154 Å². The summed E-state index contributed by atoms with van der Waals surface area (Å²) in [6, 6.07) is 2.00. The number of sulfonamides is 1. The quantitative estimate of drug-likeness (QED) is 0.820. The minimum atomic E-state index is -3.17. The molecule has 1 aliphatic rings. The average Bonchev–Trinajstić information content (AvgIpc) is 2.93. The van der Waals surface area contributed by atoms with Gasteiger partial charge in [0.1, 0.15) is 5.82 Å². The second kappa shape index (κ2) is 7.71. The molecule has 0 aromatic carbocycles. The van der Waals surface area contributed by atoms with Crippen molar-refractivity contribution in [2.24, 2.45) is 0 Å². The van der Waals surface area contributed by atoms with Crippen molar-refractivity contribution in [1.29, 1.82) is 0 Å². The van der Waals surface area contributed by atoms with Crippen LogP contribution in [0, 0.1) is 13.8 Å². The van der Waals surface area contributed by atoms with Crippen molar-refractivity contribution in [3.05, 3.63) is 29.8 Å². The van der Waals surface area contributed by atoms with Crippen molar-refractivity contribution < 1.29 is 8.42 Å². The van der Waals surface area contributed by atoms with E-state index in [1.54, 1.807) is 17.1 Å². The molecule has 0 radical (unpaired) electrons. The van der Waals surface area contributed by atoms with Crippen LogP contribution in [0.15, 0.2) is 18.5 Å². The van der Waals surface area contributed by atoms with Gasteiger partial charge in [-0.05, 0) is 39.2 Å². The molecular weight excluding hydrogens is 352 g/mol. The first-order valence-corrected chi connectivity index (χ1v) is 10.6. The smallest absolute Gasteiger partial charge is 0.211 e. The maximum absolute atomic E-state index is 11.9. The summed E-state index contributed by atoms with van der Waals surface area (Å²) >= 11 is 0. The Kier molecular flexibility index (Phi) is 5.57. The number of aryl methyl sites for hydroxylation is 2. The summed E-state index contributed by atoms with van der Waals surface area (Å²) < 4.78 is 28.5. The normalized spacial score (nSPS) is 16.2. The molecule has 0 atom stereocenters. The lowest BCUT2D eigenvalue weighted by molar-refractivity contribution is 0.458. The predicted molar refractivity (Wildman–Crippen MR) is 101 cm³/mol. The molecule has 0 bridgehead atoms. The number of anilines is 1. The van der Waals surface area contributed by atoms with Crippen LogP contribution in [0.4, 0.5) is 5.82 Å². The molecule has 1 saturated heterocycles. The average molecular weight is 379 g/mol. The van der Waals surface area contributed by atoms with Crippen LogP contribution in [0.25, 0.3) is 5.82 Å². The molecule has 9 heteroatoms. The van der Waals surface area contributed by atoms with E-state index >= 15 is 0 Å². The van der Waals surface area contributed by atoms with Gasteiger partial charge in [0.2, 0.25) is 10.0 Å². The summed E-state index contributed by atoms with van der Waals surface area (Å²) in [7, 11) is -3.17. The lowest BCUT2D eigenvalue weighted by atomic mass is 10.1. The maximum Gasteiger partial charge on any atom is 0.211 e. The van der Waals surface area contributed by atoms with Crippen LogP contribution >= 0.6 is 0 Å². The molecule has 2 aromatic heterocycles. The first kappa shape index (κ1) is 18.8. The first-order valence-electron chi connectivity index (χ1n) is 8.98. The standard InChI is InChI=1S/C17H26N6O2S/c1-4-9-26(24,25)21-15-5-7-22(8-6-15)16-11-18-12-17(19-16)23-14(3)10-13(2)20-23/h10-12,15,21H,4-9H2,1-3H3. The molecule has 3 heterocycles. The van der Waals surface area contributed by atoms with E-state index in [0.29, 0.717) is 12.2 Å². The van der Waals surface area contributed by atoms with E-state index in [2.05, 4.69) is 19.7 Å². The molecule has 2 aromatic rings. The Morgan fingerprint density at radius 3 is 2.50 bits per heavy atom. The first-order chi connectivity index (χ1) is 12.4. The van der Waals surface area contributed by atoms with Gasteiger partial charge in [-0.1, -0.05) is 6.92 Å². The molecule has 142 valence electrons. The molecule has 0 saturated carbocycles. The fourth-order valence-corrected chi connectivity index (χ4v) is 4.67. The van der Waals surface area contributed by atoms with Gasteiger partial charge in [0.15, 0.2) is 5.82 Å². The summed E-state index contributed by atoms with van der Waals surface area (Å²) in [6.07, 6.45) is 5.59. The van der Waals surface area contributed by atoms with Crippen LogP contribution in [0.2, 0.25) is 0 Å². The van der Waals surface area contributed by atoms with E-state index in [1.165, 1.54) is 0 Å². The Morgan fingerprint density at radius 1 is 1.19 bits per heavy atom. The number of hydrogen-bond donors (Lipinski definition) is 1. The molecular formula is C17H26N6O2S. The highest BCUT2D eigenvalue weighted by atomic mass is 32.2. The summed E-state index contributed by atoms with van der Waals surface area (Å²) in [6.45, 7) is 7.30. The minimum absolute atomic E-state index is 0.00467. The van der Waals surface area contributed by atoms with E-state index in [4.69, 9.17) is 4.98 Å². The molecule has 1 N–H and O–H groups in total. The molecule has 8 nitrogen and oxygen atoms in total. The van der Waals surface area contributed by atoms with Crippen molar-refractivity contribution >= 4 is 15.8 Å². The largest absolute Gasteiger partial charge is 0.355 e. The lowest BCUT2D eigenvalue weighted by Crippen LogP contribution is -2.45. The van der Waals surface area contributed by atoms with E-state index in [1.807, 2.05) is 26.8 Å². The highest BCUT2D eigenvalue weighted by Gasteiger charge is 2.24. The lowest BCUT2D eigenvalue weighted by Gasteiger charge is -2.32. The van der Waals surface area contributed by atoms with Crippen LogP contribution in [-0.2, 0) is 10.0 Å². The monoisotopic (exact) mass is 378 g/mol. The minimum Gasteiger partial charge on any atom is -0.355 e. The van der Waals surface area contributed by atoms with Crippen molar-refractivity contribution in [2.75, 3.05) is 23.7 Å². The number of rotatable bonds is 6. The van der Waals surface area contributed by atoms with Gasteiger partial charge in [0.25, 0.3) is 0 Å². The van der Waals surface area contributed by atoms with Crippen LogP contribution < -0.4 is 9.62 Å². The molecule has 26 heavy (non-hydrogen) atoms. The molecule has 0 unspecified atom stereocenters. The van der Waals surface area contributed by atoms with Crippen LogP contribution in [-0.4, -0.2) is 53.1 Å². The van der Waals surface area contributed by atoms with Crippen LogP contribution in [0.5, 0.6) is 0 Å². The summed E-state index contributed by atoms with van der Waals surface area (Å²) in [5.74, 6) is 1.67. The molecule has 0 amide bonds. The van der Waals surface area contributed by atoms with Crippen molar-refractivity contribution in [1.82, 2.24) is 24.5 Å². The van der Waals surface area contributed by atoms with E-state index in [9.17, 15) is 8.42 Å². The number of nitrogens with one attached hydrogen (secondary N) is 1. The zero-order chi connectivity index (χ0) is 18.7. The summed E-state index contributed by atoms with van der Waals surface area (Å²) in [4.78, 5) is 11.2. The highest BCUT2D eigenvalue weighted by molar-refractivity contribution is 7.89. The van der Waals surface area contributed by atoms with Gasteiger partial charge in [0, 0.05) is 24.8 Å². The van der Waals surface area contributed by atoms with Crippen molar-refractivity contribution in [2.45, 2.75) is 46.1 Å². The van der Waals surface area contributed by atoms with Gasteiger partial charge in [-0.3, -0.25) is 4.98 Å². The Bertz CT molecular complexity index is 856. The van der Waals surface area contributed by atoms with Gasteiger partial charge >= 0.3 is 0 Å². The van der Waals surface area contributed by atoms with E-state index < -0.39 is 10.0 Å². The third-order valence-electron chi connectivity index (χ3n) is 4.47. The number of hydrogen-bond acceptors (Lipinski definition) is 6. The zero-order valence-corrected chi connectivity index (χ0v) is 16.3. The van der Waals surface area contributed by atoms with Gasteiger partial charge in [-0.25, -0.2) is 22.8 Å². The Morgan fingerprint density at radius 2 is 1.88 bits per heavy atom. The molecule has 0 aliphatic carbocycles. The summed E-state index contributed by atoms with van der Waals surface area (Å²) in [5.41, 5.74) is 1.95. The second-order valence-corrected chi connectivity index (χ2v) is 8.65. The third-order valence-corrected chi connectivity index (χ3v) is 6.11. The van der Waals surface area contributed by atoms with Gasteiger partial charge in [-0.15, -0.1) is 0 Å². The summed E-state index contributed by atoms with van der Waals surface area (Å²) in [5, 5.41) is 4.46. The highest BCUT2D eigenvalue weighted by Crippen LogP contribution is 2.19. The predicted octanol–water partition coefficient (Wildman–Crippen LogP) is 1.58. The molecule has 3 rings (SSSR count). The Hall–Kier alpha value is -2.00. The fraction of sp³-hybridized carbons (Fsp3) is 0.588. The number of aromatic nitrogens is 4. The maximum atomic E-state index is 11.9. The molecule has 0 spiro atoms. The van der Waals surface area contributed by atoms with Gasteiger partial charge in [-0.2, -0.15) is 5.10 Å². The Balaban J connectivity index is 1.67. The van der Waals surface area contributed by atoms with Crippen LogP contribution in [0.1, 0.15) is 37.6 Å².